The van der Waals surface area contributed by atoms with Crippen LogP contribution in [-0.4, -0.2) is 17.5 Å². The molecule has 138 valence electrons. The monoisotopic (exact) mass is 357 g/mol. The fourth-order valence-electron chi connectivity index (χ4n) is 2.32. The van der Waals surface area contributed by atoms with Gasteiger partial charge in [-0.15, -0.1) is 0 Å². The molecule has 2 aromatic rings. The summed E-state index contributed by atoms with van der Waals surface area (Å²) >= 11 is 0. The number of unbranched alkanes of at least 4 members (excludes halogenated alkanes) is 1. The number of nitrogens with one attached hydrogen (secondary N) is 1. The Morgan fingerprint density at radius 2 is 2.08 bits per heavy atom. The van der Waals surface area contributed by atoms with E-state index in [1.165, 1.54) is 6.20 Å². The molecule has 2 rings (SSSR count). The summed E-state index contributed by atoms with van der Waals surface area (Å²) in [6.45, 7) is 2.55. The molecule has 1 aromatic heterocycles. The van der Waals surface area contributed by atoms with Crippen LogP contribution in [0.5, 0.6) is 5.75 Å². The molecule has 0 atom stereocenters. The summed E-state index contributed by atoms with van der Waals surface area (Å²) in [7, 11) is 0. The number of benzene rings is 1. The van der Waals surface area contributed by atoms with Gasteiger partial charge in [0.05, 0.1) is 12.2 Å². The van der Waals surface area contributed by atoms with Crippen molar-refractivity contribution in [3.8, 4) is 5.75 Å². The maximum Gasteiger partial charge on any atom is 0.255 e. The van der Waals surface area contributed by atoms with Crippen molar-refractivity contribution in [2.24, 2.45) is 0 Å². The van der Waals surface area contributed by atoms with Gasteiger partial charge >= 0.3 is 0 Å². The van der Waals surface area contributed by atoms with Gasteiger partial charge in [-0.05, 0) is 31.0 Å². The fourth-order valence-corrected chi connectivity index (χ4v) is 2.32. The molecule has 0 fully saturated rings. The van der Waals surface area contributed by atoms with Crippen LogP contribution in [0, 0.1) is 5.82 Å². The van der Waals surface area contributed by atoms with E-state index in [1.54, 1.807) is 30.3 Å². The van der Waals surface area contributed by atoms with E-state index in [9.17, 15) is 9.18 Å². The normalized spacial score (nSPS) is 10.8. The molecule has 1 aromatic carbocycles. The third kappa shape index (κ3) is 5.58. The third-order valence-corrected chi connectivity index (χ3v) is 3.73. The van der Waals surface area contributed by atoms with E-state index in [0.717, 1.165) is 19.3 Å². The summed E-state index contributed by atoms with van der Waals surface area (Å²) in [5.41, 5.74) is 6.28. The summed E-state index contributed by atoms with van der Waals surface area (Å²) < 4.78 is 20.0. The van der Waals surface area contributed by atoms with Gasteiger partial charge in [-0.3, -0.25) is 4.79 Å². The molecule has 0 spiro atoms. The summed E-state index contributed by atoms with van der Waals surface area (Å²) in [4.78, 5) is 16.0. The number of ether oxygens (including phenoxy) is 1. The zero-order chi connectivity index (χ0) is 18.8. The Bertz CT molecular complexity index is 762. The molecule has 6 heteroatoms. The molecule has 0 unspecified atom stereocenters. The molecular weight excluding hydrogens is 333 g/mol. The maximum absolute atomic E-state index is 14.5. The smallest absolute Gasteiger partial charge is 0.255 e. The number of carbonyl (C=O) groups is 1. The maximum atomic E-state index is 14.5. The second-order valence-corrected chi connectivity index (χ2v) is 5.75. The van der Waals surface area contributed by atoms with Crippen molar-refractivity contribution in [2.75, 3.05) is 12.3 Å². The summed E-state index contributed by atoms with van der Waals surface area (Å²) in [6.07, 6.45) is 8.49. The average Bonchev–Trinajstić information content (AvgIpc) is 2.65. The van der Waals surface area contributed by atoms with Crippen LogP contribution in [0.1, 0.15) is 42.1 Å². The van der Waals surface area contributed by atoms with Crippen molar-refractivity contribution in [2.45, 2.75) is 32.7 Å². The molecule has 1 heterocycles. The molecule has 0 saturated heterocycles. The Kier molecular flexibility index (Phi) is 7.61. The zero-order valence-corrected chi connectivity index (χ0v) is 14.9. The number of nitrogen functional groups attached to an aromatic ring is 1. The number of carbonyl (C=O) groups excluding carboxylic acids is 1. The molecule has 0 saturated carbocycles. The molecule has 0 bridgehead atoms. The highest BCUT2D eigenvalue weighted by Crippen LogP contribution is 2.21. The highest BCUT2D eigenvalue weighted by Gasteiger charge is 2.13. The Morgan fingerprint density at radius 3 is 2.85 bits per heavy atom. The highest BCUT2D eigenvalue weighted by molar-refractivity contribution is 5.98. The topological polar surface area (TPSA) is 77.2 Å². The minimum atomic E-state index is -0.468. The molecular formula is C20H24FN3O2. The molecule has 0 radical (unpaired) electrons. The SMILES string of the molecule is CCCC=CCCOc1cccc(CNC(=O)c2cccnc2N)c1F. The predicted octanol–water partition coefficient (Wildman–Crippen LogP) is 3.86. The average molecular weight is 357 g/mol. The standard InChI is InChI=1S/C20H24FN3O2/c1-2-3-4-5-6-13-26-17-11-7-9-15(18(17)21)14-24-20(25)16-10-8-12-23-19(16)22/h4-5,7-12H,2-3,6,13-14H2,1H3,(H2,22,23)(H,24,25). The first kappa shape index (κ1) is 19.4. The molecule has 1 amide bonds. The van der Waals surface area contributed by atoms with Gasteiger partial charge in [0.25, 0.3) is 5.91 Å². The second-order valence-electron chi connectivity index (χ2n) is 5.75. The van der Waals surface area contributed by atoms with E-state index in [0.29, 0.717) is 12.2 Å². The van der Waals surface area contributed by atoms with E-state index in [4.69, 9.17) is 10.5 Å². The van der Waals surface area contributed by atoms with Crippen molar-refractivity contribution < 1.29 is 13.9 Å². The number of hydrogen-bond acceptors (Lipinski definition) is 4. The first-order chi connectivity index (χ1) is 12.6. The number of anilines is 1. The van der Waals surface area contributed by atoms with E-state index in [2.05, 4.69) is 23.3 Å². The summed E-state index contributed by atoms with van der Waals surface area (Å²) in [5.74, 6) is -0.549. The van der Waals surface area contributed by atoms with E-state index in [1.807, 2.05) is 6.08 Å². The van der Waals surface area contributed by atoms with Gasteiger partial charge in [0.2, 0.25) is 0 Å². The van der Waals surface area contributed by atoms with Crippen molar-refractivity contribution in [3.63, 3.8) is 0 Å². The van der Waals surface area contributed by atoms with Crippen LogP contribution in [0.2, 0.25) is 0 Å². The van der Waals surface area contributed by atoms with Crippen LogP contribution in [-0.2, 0) is 6.54 Å². The summed E-state index contributed by atoms with van der Waals surface area (Å²) in [5, 5.41) is 2.65. The van der Waals surface area contributed by atoms with Crippen LogP contribution in [0.4, 0.5) is 10.2 Å². The Labute approximate surface area is 153 Å². The predicted molar refractivity (Wildman–Crippen MR) is 100 cm³/mol. The lowest BCUT2D eigenvalue weighted by Crippen LogP contribution is -2.24. The van der Waals surface area contributed by atoms with Crippen LogP contribution in [0.15, 0.2) is 48.7 Å². The van der Waals surface area contributed by atoms with Crippen LogP contribution < -0.4 is 15.8 Å². The lowest BCUT2D eigenvalue weighted by Gasteiger charge is -2.11. The van der Waals surface area contributed by atoms with Gasteiger partial charge in [-0.25, -0.2) is 9.37 Å². The third-order valence-electron chi connectivity index (χ3n) is 3.73. The number of rotatable bonds is 9. The van der Waals surface area contributed by atoms with Crippen molar-refractivity contribution in [1.82, 2.24) is 10.3 Å². The first-order valence-electron chi connectivity index (χ1n) is 8.67. The lowest BCUT2D eigenvalue weighted by molar-refractivity contribution is 0.0951. The van der Waals surface area contributed by atoms with E-state index < -0.39 is 11.7 Å². The molecule has 5 nitrogen and oxygen atoms in total. The van der Waals surface area contributed by atoms with Gasteiger partial charge in [-0.1, -0.05) is 37.6 Å². The number of nitrogens with two attached hydrogens (primary N) is 1. The Hall–Kier alpha value is -2.89. The van der Waals surface area contributed by atoms with Crippen LogP contribution in [0.3, 0.4) is 0 Å². The molecule has 0 aliphatic heterocycles. The van der Waals surface area contributed by atoms with Gasteiger partial charge < -0.3 is 15.8 Å². The van der Waals surface area contributed by atoms with E-state index in [-0.39, 0.29) is 23.7 Å². The quantitative estimate of drug-likeness (QED) is 0.528. The highest BCUT2D eigenvalue weighted by atomic mass is 19.1. The number of pyridine rings is 1. The second kappa shape index (κ2) is 10.2. The number of amides is 1. The Morgan fingerprint density at radius 1 is 1.27 bits per heavy atom. The minimum absolute atomic E-state index is 0.0343. The number of aromatic nitrogens is 1. The Balaban J connectivity index is 1.92. The van der Waals surface area contributed by atoms with Crippen molar-refractivity contribution in [1.29, 1.82) is 0 Å². The molecule has 3 N–H and O–H groups in total. The number of allylic oxidation sites excluding steroid dienone is 1. The first-order valence-corrected chi connectivity index (χ1v) is 8.67. The van der Waals surface area contributed by atoms with Crippen molar-refractivity contribution >= 4 is 11.7 Å². The van der Waals surface area contributed by atoms with Crippen LogP contribution >= 0.6 is 0 Å². The largest absolute Gasteiger partial charge is 0.490 e. The summed E-state index contributed by atoms with van der Waals surface area (Å²) in [6, 6.07) is 8.08. The van der Waals surface area contributed by atoms with Gasteiger partial charge in [-0.2, -0.15) is 0 Å². The minimum Gasteiger partial charge on any atom is -0.490 e. The van der Waals surface area contributed by atoms with Gasteiger partial charge in [0.15, 0.2) is 11.6 Å². The van der Waals surface area contributed by atoms with Crippen LogP contribution in [0.25, 0.3) is 0 Å². The zero-order valence-electron chi connectivity index (χ0n) is 14.9. The number of halogens is 1. The van der Waals surface area contributed by atoms with E-state index >= 15 is 0 Å². The van der Waals surface area contributed by atoms with Gasteiger partial charge in [0, 0.05) is 18.3 Å². The van der Waals surface area contributed by atoms with Crippen molar-refractivity contribution in [3.05, 3.63) is 65.6 Å². The lowest BCUT2D eigenvalue weighted by atomic mass is 10.2. The van der Waals surface area contributed by atoms with Gasteiger partial charge in [0.1, 0.15) is 5.82 Å². The molecule has 0 aliphatic rings. The number of hydrogen-bond donors (Lipinski definition) is 2. The fraction of sp³-hybridized carbons (Fsp3) is 0.300. The molecule has 0 aliphatic carbocycles. The number of nitrogens with zero attached hydrogens (tertiary/aromatic N) is 1. The molecule has 26 heavy (non-hydrogen) atoms.